The molecule has 3 rings (SSSR count). The van der Waals surface area contributed by atoms with Gasteiger partial charge in [0.25, 0.3) is 0 Å². The molecule has 2 aromatic rings. The molecule has 0 saturated heterocycles. The zero-order chi connectivity index (χ0) is 11.8. The van der Waals surface area contributed by atoms with Crippen LogP contribution in [0.5, 0.6) is 0 Å². The average molecular weight is 249 g/mol. The number of aryl methyl sites for hydroxylation is 1. The third-order valence-electron chi connectivity index (χ3n) is 3.83. The van der Waals surface area contributed by atoms with Crippen LogP contribution in [0.15, 0.2) is 18.2 Å². The molecule has 1 fully saturated rings. The largest absolute Gasteiger partial charge is 0.326 e. The van der Waals surface area contributed by atoms with E-state index < -0.39 is 0 Å². The summed E-state index contributed by atoms with van der Waals surface area (Å²) in [5.41, 5.74) is 3.65. The Hall–Kier alpha value is -1.02. The predicted octanol–water partition coefficient (Wildman–Crippen LogP) is 3.88. The maximum Gasteiger partial charge on any atom is 0.124 e. The van der Waals surface area contributed by atoms with E-state index in [-0.39, 0.29) is 0 Å². The molecular formula is C14H17ClN2. The predicted molar refractivity (Wildman–Crippen MR) is 71.4 cm³/mol. The second-order valence-corrected chi connectivity index (χ2v) is 5.28. The Balaban J connectivity index is 2.10. The minimum absolute atomic E-state index is 0.501. The zero-order valence-corrected chi connectivity index (χ0v) is 10.9. The van der Waals surface area contributed by atoms with Gasteiger partial charge in [-0.25, -0.2) is 4.98 Å². The Morgan fingerprint density at radius 2 is 2.24 bits per heavy atom. The molecule has 1 aromatic carbocycles. The number of hydrogen-bond donors (Lipinski definition) is 0. The first-order valence-electron chi connectivity index (χ1n) is 6.30. The van der Waals surface area contributed by atoms with Gasteiger partial charge in [-0.1, -0.05) is 18.6 Å². The number of fused-ring (bicyclic) bond motifs is 1. The topological polar surface area (TPSA) is 17.8 Å². The van der Waals surface area contributed by atoms with Crippen LogP contribution in [-0.4, -0.2) is 9.55 Å². The molecule has 90 valence electrons. The summed E-state index contributed by atoms with van der Waals surface area (Å²) in [7, 11) is 0. The smallest absolute Gasteiger partial charge is 0.124 e. The van der Waals surface area contributed by atoms with Gasteiger partial charge in [0.05, 0.1) is 16.9 Å². The van der Waals surface area contributed by atoms with Crippen LogP contribution in [0.25, 0.3) is 11.0 Å². The molecule has 2 nitrogen and oxygen atoms in total. The number of alkyl halides is 1. The molecule has 0 aliphatic heterocycles. The van der Waals surface area contributed by atoms with Crippen LogP contribution in [-0.2, 0) is 12.4 Å². The van der Waals surface area contributed by atoms with E-state index in [2.05, 4.69) is 34.7 Å². The number of halogens is 1. The maximum atomic E-state index is 6.02. The van der Waals surface area contributed by atoms with Crippen molar-refractivity contribution in [3.8, 4) is 0 Å². The van der Waals surface area contributed by atoms with E-state index in [4.69, 9.17) is 11.6 Å². The van der Waals surface area contributed by atoms with Crippen molar-refractivity contribution in [1.29, 1.82) is 0 Å². The van der Waals surface area contributed by atoms with E-state index in [0.29, 0.717) is 5.88 Å². The van der Waals surface area contributed by atoms with E-state index in [1.165, 1.54) is 30.3 Å². The van der Waals surface area contributed by atoms with Crippen LogP contribution >= 0.6 is 11.6 Å². The number of para-hydroxylation sites is 1. The van der Waals surface area contributed by atoms with Gasteiger partial charge in [-0.05, 0) is 37.3 Å². The Bertz CT molecular complexity index is 540. The standard InChI is InChI=1S/C14H17ClN2/c1-10-4-2-7-12-14(10)17(13(8-15)16-12)9-11-5-3-6-11/h2,4,7,11H,3,5-6,8-9H2,1H3. The molecule has 0 radical (unpaired) electrons. The van der Waals surface area contributed by atoms with Crippen molar-refractivity contribution in [3.63, 3.8) is 0 Å². The van der Waals surface area contributed by atoms with Gasteiger partial charge in [-0.3, -0.25) is 0 Å². The Morgan fingerprint density at radius 3 is 2.88 bits per heavy atom. The average Bonchev–Trinajstić information content (AvgIpc) is 2.63. The van der Waals surface area contributed by atoms with Crippen molar-refractivity contribution in [3.05, 3.63) is 29.6 Å². The van der Waals surface area contributed by atoms with Crippen LogP contribution in [0.1, 0.15) is 30.7 Å². The van der Waals surface area contributed by atoms with Crippen molar-refractivity contribution in [2.24, 2.45) is 5.92 Å². The van der Waals surface area contributed by atoms with Gasteiger partial charge in [0, 0.05) is 6.54 Å². The van der Waals surface area contributed by atoms with Gasteiger partial charge in [-0.2, -0.15) is 0 Å². The van der Waals surface area contributed by atoms with Gasteiger partial charge >= 0.3 is 0 Å². The minimum Gasteiger partial charge on any atom is -0.326 e. The summed E-state index contributed by atoms with van der Waals surface area (Å²) >= 11 is 6.02. The summed E-state index contributed by atoms with van der Waals surface area (Å²) in [4.78, 5) is 4.63. The molecule has 1 aliphatic carbocycles. The lowest BCUT2D eigenvalue weighted by molar-refractivity contribution is 0.277. The molecule has 1 aliphatic rings. The number of rotatable bonds is 3. The fourth-order valence-electron chi connectivity index (χ4n) is 2.65. The number of benzene rings is 1. The summed E-state index contributed by atoms with van der Waals surface area (Å²) in [5, 5.41) is 0. The molecule has 0 bridgehead atoms. The summed E-state index contributed by atoms with van der Waals surface area (Å²) in [6.45, 7) is 3.24. The van der Waals surface area contributed by atoms with Crippen molar-refractivity contribution >= 4 is 22.6 Å². The van der Waals surface area contributed by atoms with Gasteiger partial charge in [0.15, 0.2) is 0 Å². The van der Waals surface area contributed by atoms with Crippen LogP contribution in [0.3, 0.4) is 0 Å². The number of nitrogens with zero attached hydrogens (tertiary/aromatic N) is 2. The SMILES string of the molecule is Cc1cccc2nc(CCl)n(CC3CCC3)c12. The first kappa shape index (κ1) is 11.1. The number of aromatic nitrogens is 2. The molecule has 0 spiro atoms. The Labute approximate surface area is 107 Å². The molecule has 1 aromatic heterocycles. The lowest BCUT2D eigenvalue weighted by atomic mass is 9.85. The first-order chi connectivity index (χ1) is 8.29. The Morgan fingerprint density at radius 1 is 1.41 bits per heavy atom. The fourth-order valence-corrected chi connectivity index (χ4v) is 2.85. The van der Waals surface area contributed by atoms with E-state index in [9.17, 15) is 0 Å². The third kappa shape index (κ3) is 1.85. The van der Waals surface area contributed by atoms with Gasteiger partial charge < -0.3 is 4.57 Å². The molecule has 3 heteroatoms. The first-order valence-corrected chi connectivity index (χ1v) is 6.83. The molecule has 0 atom stereocenters. The molecule has 17 heavy (non-hydrogen) atoms. The van der Waals surface area contributed by atoms with E-state index in [1.54, 1.807) is 0 Å². The highest BCUT2D eigenvalue weighted by Crippen LogP contribution is 2.31. The fraction of sp³-hybridized carbons (Fsp3) is 0.500. The van der Waals surface area contributed by atoms with Crippen LogP contribution in [0, 0.1) is 12.8 Å². The Kier molecular flexibility index (Phi) is 2.83. The van der Waals surface area contributed by atoms with Gasteiger partial charge in [-0.15, -0.1) is 11.6 Å². The summed E-state index contributed by atoms with van der Waals surface area (Å²) in [6, 6.07) is 6.30. The molecule has 0 unspecified atom stereocenters. The maximum absolute atomic E-state index is 6.02. The monoisotopic (exact) mass is 248 g/mol. The number of hydrogen-bond acceptors (Lipinski definition) is 1. The molecule has 1 heterocycles. The van der Waals surface area contributed by atoms with Crippen molar-refractivity contribution < 1.29 is 0 Å². The summed E-state index contributed by atoms with van der Waals surface area (Å²) < 4.78 is 2.33. The van der Waals surface area contributed by atoms with Crippen molar-refractivity contribution in [2.45, 2.75) is 38.6 Å². The lowest BCUT2D eigenvalue weighted by Gasteiger charge is -2.26. The quantitative estimate of drug-likeness (QED) is 0.754. The van der Waals surface area contributed by atoms with Crippen LogP contribution in [0.2, 0.25) is 0 Å². The normalized spacial score (nSPS) is 16.4. The van der Waals surface area contributed by atoms with E-state index in [0.717, 1.165) is 23.8 Å². The van der Waals surface area contributed by atoms with Crippen molar-refractivity contribution in [1.82, 2.24) is 9.55 Å². The minimum atomic E-state index is 0.501. The van der Waals surface area contributed by atoms with E-state index >= 15 is 0 Å². The lowest BCUT2D eigenvalue weighted by Crippen LogP contribution is -2.19. The highest BCUT2D eigenvalue weighted by atomic mass is 35.5. The zero-order valence-electron chi connectivity index (χ0n) is 10.1. The highest BCUT2D eigenvalue weighted by Gasteiger charge is 2.21. The molecule has 1 saturated carbocycles. The van der Waals surface area contributed by atoms with Crippen molar-refractivity contribution in [2.75, 3.05) is 0 Å². The molecule has 0 N–H and O–H groups in total. The number of imidazole rings is 1. The van der Waals surface area contributed by atoms with Crippen LogP contribution in [0.4, 0.5) is 0 Å². The van der Waals surface area contributed by atoms with Gasteiger partial charge in [0.2, 0.25) is 0 Å². The van der Waals surface area contributed by atoms with Gasteiger partial charge in [0.1, 0.15) is 5.82 Å². The molecule has 0 amide bonds. The second kappa shape index (κ2) is 4.34. The molecular weight excluding hydrogens is 232 g/mol. The highest BCUT2D eigenvalue weighted by molar-refractivity contribution is 6.16. The summed E-state index contributed by atoms with van der Waals surface area (Å²) in [5.74, 6) is 2.35. The summed E-state index contributed by atoms with van der Waals surface area (Å²) in [6.07, 6.45) is 4.09. The third-order valence-corrected chi connectivity index (χ3v) is 4.07. The van der Waals surface area contributed by atoms with E-state index in [1.807, 2.05) is 0 Å². The second-order valence-electron chi connectivity index (χ2n) is 5.01. The van der Waals surface area contributed by atoms with Crippen LogP contribution < -0.4 is 0 Å².